The molecule has 1 N–H and O–H groups in total. The fourth-order valence-electron chi connectivity index (χ4n) is 2.99. The van der Waals surface area contributed by atoms with E-state index in [4.69, 9.17) is 0 Å². The first-order valence-corrected chi connectivity index (χ1v) is 9.08. The number of halogens is 3. The Labute approximate surface area is 172 Å². The number of nitrogens with one attached hydrogen (secondary N) is 1. The number of alkyl halides is 3. The van der Waals surface area contributed by atoms with Crippen molar-refractivity contribution < 1.29 is 13.2 Å². The summed E-state index contributed by atoms with van der Waals surface area (Å²) in [5.74, 6) is 0. The first kappa shape index (κ1) is 21.1. The molecule has 0 saturated heterocycles. The van der Waals surface area contributed by atoms with Gasteiger partial charge in [-0.1, -0.05) is 24.8 Å². The molecule has 0 saturated carbocycles. The van der Waals surface area contributed by atoms with Crippen molar-refractivity contribution in [3.8, 4) is 0 Å². The van der Waals surface area contributed by atoms with Gasteiger partial charge in [-0.2, -0.15) is 13.2 Å². The maximum atomic E-state index is 13.0. The Morgan fingerprint density at radius 2 is 1.97 bits per heavy atom. The van der Waals surface area contributed by atoms with Crippen LogP contribution < -0.4 is 10.9 Å². The summed E-state index contributed by atoms with van der Waals surface area (Å²) in [5, 5.41) is 2.84. The Bertz CT molecular complexity index is 1160. The predicted molar refractivity (Wildman–Crippen MR) is 114 cm³/mol. The van der Waals surface area contributed by atoms with Gasteiger partial charge < -0.3 is 9.88 Å². The average Bonchev–Trinajstić information content (AvgIpc) is 2.71. The van der Waals surface area contributed by atoms with Crippen LogP contribution in [0.3, 0.4) is 0 Å². The van der Waals surface area contributed by atoms with Gasteiger partial charge in [0.25, 0.3) is 5.56 Å². The Hall–Kier alpha value is -3.61. The second-order valence-electron chi connectivity index (χ2n) is 6.81. The quantitative estimate of drug-likeness (QED) is 0.608. The van der Waals surface area contributed by atoms with Crippen molar-refractivity contribution in [1.82, 2.24) is 9.55 Å². The van der Waals surface area contributed by atoms with E-state index in [0.717, 1.165) is 23.3 Å². The van der Waals surface area contributed by atoms with Crippen LogP contribution in [0.15, 0.2) is 72.4 Å². The van der Waals surface area contributed by atoms with Crippen LogP contribution in [0, 0.1) is 0 Å². The molecule has 2 aromatic heterocycles. The van der Waals surface area contributed by atoms with Gasteiger partial charge in [0.05, 0.1) is 11.1 Å². The topological polar surface area (TPSA) is 46.9 Å². The van der Waals surface area contributed by atoms with Crippen molar-refractivity contribution in [3.63, 3.8) is 0 Å². The predicted octanol–water partition coefficient (Wildman–Crippen LogP) is 5.44. The first-order chi connectivity index (χ1) is 14.2. The van der Waals surface area contributed by atoms with Crippen molar-refractivity contribution >= 4 is 23.0 Å². The summed E-state index contributed by atoms with van der Waals surface area (Å²) in [7, 11) is 1.60. The summed E-state index contributed by atoms with van der Waals surface area (Å²) in [5.41, 5.74) is 1.95. The molecule has 7 heteroatoms. The molecule has 4 nitrogen and oxygen atoms in total. The Balaban J connectivity index is 2.00. The van der Waals surface area contributed by atoms with Crippen LogP contribution in [0.1, 0.15) is 29.2 Å². The number of benzene rings is 1. The van der Waals surface area contributed by atoms with E-state index in [1.165, 1.54) is 16.7 Å². The average molecular weight is 411 g/mol. The van der Waals surface area contributed by atoms with Crippen LogP contribution in [0.5, 0.6) is 0 Å². The highest BCUT2D eigenvalue weighted by atomic mass is 19.4. The minimum atomic E-state index is -4.46. The third kappa shape index (κ3) is 4.68. The molecule has 0 fully saturated rings. The third-order valence-electron chi connectivity index (χ3n) is 4.58. The smallest absolute Gasteiger partial charge is 0.355 e. The van der Waals surface area contributed by atoms with Gasteiger partial charge >= 0.3 is 6.18 Å². The highest BCUT2D eigenvalue weighted by Crippen LogP contribution is 2.31. The molecule has 2 heterocycles. The van der Waals surface area contributed by atoms with Crippen molar-refractivity contribution in [3.05, 3.63) is 100 Å². The summed E-state index contributed by atoms with van der Waals surface area (Å²) < 4.78 is 40.4. The summed E-state index contributed by atoms with van der Waals surface area (Å²) in [4.78, 5) is 16.9. The van der Waals surface area contributed by atoms with Crippen molar-refractivity contribution in [2.75, 3.05) is 5.32 Å². The van der Waals surface area contributed by atoms with Gasteiger partial charge in [-0.15, -0.1) is 0 Å². The van der Waals surface area contributed by atoms with Crippen LogP contribution in [0.4, 0.5) is 18.9 Å². The number of aryl methyl sites for hydroxylation is 1. The van der Waals surface area contributed by atoms with E-state index in [1.54, 1.807) is 31.7 Å². The first-order valence-electron chi connectivity index (χ1n) is 9.08. The molecule has 0 bridgehead atoms. The molecule has 3 aromatic rings. The summed E-state index contributed by atoms with van der Waals surface area (Å²) in [6.45, 7) is 5.80. The number of rotatable bonds is 5. The summed E-state index contributed by atoms with van der Waals surface area (Å²) in [6.07, 6.45) is 2.37. The van der Waals surface area contributed by atoms with E-state index in [9.17, 15) is 18.0 Å². The fourth-order valence-corrected chi connectivity index (χ4v) is 2.99. The maximum absolute atomic E-state index is 13.0. The zero-order chi connectivity index (χ0) is 21.9. The Kier molecular flexibility index (Phi) is 5.91. The third-order valence-corrected chi connectivity index (χ3v) is 4.58. The molecule has 0 aliphatic rings. The minimum Gasteiger partial charge on any atom is -0.355 e. The number of hydrogen-bond acceptors (Lipinski definition) is 3. The lowest BCUT2D eigenvalue weighted by atomic mass is 10.0. The zero-order valence-corrected chi connectivity index (χ0v) is 16.5. The van der Waals surface area contributed by atoms with Crippen LogP contribution in [0.2, 0.25) is 0 Å². The second-order valence-corrected chi connectivity index (χ2v) is 6.81. The van der Waals surface area contributed by atoms with Gasteiger partial charge in [-0.3, -0.25) is 9.78 Å². The molecule has 0 aliphatic carbocycles. The molecule has 0 amide bonds. The molecular weight excluding hydrogens is 391 g/mol. The van der Waals surface area contributed by atoms with E-state index < -0.39 is 11.7 Å². The minimum absolute atomic E-state index is 0.194. The SMILES string of the molecule is C=C(Nc1cccc(C(F)(F)F)c1)c1c(/C=C(\C)c2cccnc2)ccn(C)c1=O. The molecule has 0 aliphatic heterocycles. The van der Waals surface area contributed by atoms with Crippen LogP contribution in [-0.2, 0) is 13.2 Å². The normalized spacial score (nSPS) is 12.0. The lowest BCUT2D eigenvalue weighted by molar-refractivity contribution is -0.137. The zero-order valence-electron chi connectivity index (χ0n) is 16.5. The molecule has 0 spiro atoms. The largest absolute Gasteiger partial charge is 0.416 e. The highest BCUT2D eigenvalue weighted by Gasteiger charge is 2.30. The molecule has 0 atom stereocenters. The van der Waals surface area contributed by atoms with Gasteiger partial charge in [0, 0.05) is 37.0 Å². The number of pyridine rings is 2. The van der Waals surface area contributed by atoms with Crippen LogP contribution in [-0.4, -0.2) is 9.55 Å². The Morgan fingerprint density at radius 1 is 1.20 bits per heavy atom. The molecule has 0 radical (unpaired) electrons. The van der Waals surface area contributed by atoms with Gasteiger partial charge in [-0.05, 0) is 54.0 Å². The lowest BCUT2D eigenvalue weighted by Gasteiger charge is -2.15. The second kappa shape index (κ2) is 8.41. The molecular formula is C23H20F3N3O. The number of allylic oxidation sites excluding steroid dienone is 1. The standard InChI is InChI=1S/C23H20F3N3O/c1-15(18-6-5-10-27-14-18)12-17-9-11-29(3)22(30)21(17)16(2)28-20-8-4-7-19(13-20)23(24,25)26/h4-14,28H,2H2,1,3H3/b15-12+. The summed E-state index contributed by atoms with van der Waals surface area (Å²) in [6, 6.07) is 10.2. The van der Waals surface area contributed by atoms with E-state index in [0.29, 0.717) is 5.56 Å². The van der Waals surface area contributed by atoms with Crippen molar-refractivity contribution in [1.29, 1.82) is 0 Å². The number of nitrogens with zero attached hydrogens (tertiary/aromatic N) is 2. The highest BCUT2D eigenvalue weighted by molar-refractivity contribution is 5.86. The molecule has 1 aromatic carbocycles. The molecule has 30 heavy (non-hydrogen) atoms. The number of anilines is 1. The Morgan fingerprint density at radius 3 is 2.63 bits per heavy atom. The van der Waals surface area contributed by atoms with E-state index in [1.807, 2.05) is 25.1 Å². The maximum Gasteiger partial charge on any atom is 0.416 e. The van der Waals surface area contributed by atoms with E-state index in [2.05, 4.69) is 16.9 Å². The van der Waals surface area contributed by atoms with Gasteiger partial charge in [-0.25, -0.2) is 0 Å². The summed E-state index contributed by atoms with van der Waals surface area (Å²) >= 11 is 0. The van der Waals surface area contributed by atoms with E-state index >= 15 is 0 Å². The van der Waals surface area contributed by atoms with Crippen LogP contribution in [0.25, 0.3) is 17.3 Å². The molecule has 0 unspecified atom stereocenters. The van der Waals surface area contributed by atoms with Gasteiger partial charge in [0.15, 0.2) is 0 Å². The number of hydrogen-bond donors (Lipinski definition) is 1. The molecule has 3 rings (SSSR count). The van der Waals surface area contributed by atoms with E-state index in [-0.39, 0.29) is 22.5 Å². The lowest BCUT2D eigenvalue weighted by Crippen LogP contribution is -2.22. The van der Waals surface area contributed by atoms with Crippen molar-refractivity contribution in [2.45, 2.75) is 13.1 Å². The van der Waals surface area contributed by atoms with Crippen LogP contribution >= 0.6 is 0 Å². The molecule has 154 valence electrons. The monoisotopic (exact) mass is 411 g/mol. The van der Waals surface area contributed by atoms with Gasteiger partial charge in [0.1, 0.15) is 0 Å². The number of aromatic nitrogens is 2. The fraction of sp³-hybridized carbons (Fsp3) is 0.130. The van der Waals surface area contributed by atoms with Crippen molar-refractivity contribution in [2.24, 2.45) is 7.05 Å². The van der Waals surface area contributed by atoms with Gasteiger partial charge in [0.2, 0.25) is 0 Å².